The average molecular weight is 962 g/mol. The molecular formula is C42H85FO8S7. The lowest BCUT2D eigenvalue weighted by Gasteiger charge is -2.64. The summed E-state index contributed by atoms with van der Waals surface area (Å²) < 4.78 is 63.3. The number of hydrogen-bond acceptors (Lipinski definition) is 15. The van der Waals surface area contributed by atoms with Gasteiger partial charge in [-0.2, -0.15) is 3.89 Å². The van der Waals surface area contributed by atoms with Crippen molar-refractivity contribution < 1.29 is 42.2 Å². The largest absolute Gasteiger partial charge is 0.389 e. The van der Waals surface area contributed by atoms with Crippen molar-refractivity contribution in [2.75, 3.05) is 50.4 Å². The summed E-state index contributed by atoms with van der Waals surface area (Å²) in [4.78, 5) is -1.81. The standard InChI is InChI=1S/C42H85FO8S7/c1-19-26-29-48-40(50-34(12)23-5,51-36(14,15)16)38(58-43,41(52-18,53-25-7)54-30-22-4)42(56-33(10)11,55-31-27-20-2)57-37(35(13)44,49-32(8)9)39(45-17,46-24-6)47-28-21-3/h32-35,44H,19-31H2,1-18H3. The van der Waals surface area contributed by atoms with E-state index in [9.17, 15) is 5.11 Å². The van der Waals surface area contributed by atoms with E-state index in [4.69, 9.17) is 33.2 Å². The van der Waals surface area contributed by atoms with E-state index in [0.717, 1.165) is 31.4 Å². The van der Waals surface area contributed by atoms with E-state index in [1.807, 2.05) is 55.4 Å². The first-order chi connectivity index (χ1) is 27.2. The van der Waals surface area contributed by atoms with Gasteiger partial charge in [-0.15, -0.1) is 58.8 Å². The van der Waals surface area contributed by atoms with Crippen LogP contribution in [-0.2, 0) is 33.2 Å². The SMILES string of the molecule is CCCCOC(OC(C)CC)(OC(C)(C)C)C(SF)(C(SC)(SCC)SCCC)C(SCCCC)(SC(C)C)SC(OC(C)C)(C(C)O)C(OC)(OCC)OCCC. The molecule has 0 bridgehead atoms. The van der Waals surface area contributed by atoms with Gasteiger partial charge in [-0.3, -0.25) is 0 Å². The number of aliphatic hydroxyl groups excluding tert-OH is 1. The predicted molar refractivity (Wildman–Crippen MR) is 262 cm³/mol. The fourth-order valence-electron chi connectivity index (χ4n) is 6.17. The smallest absolute Gasteiger partial charge is 0.326 e. The summed E-state index contributed by atoms with van der Waals surface area (Å²) in [6.07, 6.45) is 5.41. The van der Waals surface area contributed by atoms with E-state index in [2.05, 4.69) is 54.7 Å². The van der Waals surface area contributed by atoms with Crippen LogP contribution in [-0.4, -0.2) is 113 Å². The molecule has 16 heteroatoms. The first-order valence-corrected chi connectivity index (χ1v) is 28.1. The van der Waals surface area contributed by atoms with Crippen molar-refractivity contribution in [3.63, 3.8) is 0 Å². The van der Waals surface area contributed by atoms with Gasteiger partial charge in [-0.1, -0.05) is 80.0 Å². The minimum Gasteiger partial charge on any atom is -0.389 e. The van der Waals surface area contributed by atoms with Gasteiger partial charge in [0, 0.05) is 19.0 Å². The summed E-state index contributed by atoms with van der Waals surface area (Å²) in [5.74, 6) is -1.90. The van der Waals surface area contributed by atoms with Crippen molar-refractivity contribution in [3.05, 3.63) is 0 Å². The molecule has 58 heavy (non-hydrogen) atoms. The zero-order valence-corrected chi connectivity index (χ0v) is 45.3. The van der Waals surface area contributed by atoms with Gasteiger partial charge in [0.1, 0.15) is 6.82 Å². The van der Waals surface area contributed by atoms with Crippen LogP contribution in [0.15, 0.2) is 0 Å². The van der Waals surface area contributed by atoms with Gasteiger partial charge in [0.25, 0.3) is 0 Å². The third kappa shape index (κ3) is 15.1. The molecule has 350 valence electrons. The molecule has 0 aliphatic carbocycles. The van der Waals surface area contributed by atoms with Crippen LogP contribution < -0.4 is 0 Å². The number of hydrogen-bond donors (Lipinski definition) is 1. The lowest BCUT2D eigenvalue weighted by Crippen LogP contribution is -2.76. The monoisotopic (exact) mass is 960 g/mol. The minimum atomic E-state index is -2.01. The number of halogens is 1. The Kier molecular flexibility index (Phi) is 29.9. The van der Waals surface area contributed by atoms with Crippen LogP contribution in [0, 0.1) is 0 Å². The predicted octanol–water partition coefficient (Wildman–Crippen LogP) is 13.7. The number of aliphatic hydroxyl groups is 1. The Hall–Kier alpha value is 2.06. The molecule has 0 aromatic heterocycles. The molecular weight excluding hydrogens is 876 g/mol. The Morgan fingerprint density at radius 3 is 1.71 bits per heavy atom. The number of thioether (sulfide) groups is 6. The topological polar surface area (TPSA) is 84.8 Å². The summed E-state index contributed by atoms with van der Waals surface area (Å²) in [6.45, 7) is 32.9. The van der Waals surface area contributed by atoms with Crippen molar-refractivity contribution >= 4 is 82.7 Å². The van der Waals surface area contributed by atoms with Crippen LogP contribution in [0.3, 0.4) is 0 Å². The highest BCUT2D eigenvalue weighted by atomic mass is 32.3. The quantitative estimate of drug-likeness (QED) is 0.0477. The fourth-order valence-corrected chi connectivity index (χ4v) is 20.6. The van der Waals surface area contributed by atoms with Crippen LogP contribution in [0.5, 0.6) is 0 Å². The van der Waals surface area contributed by atoms with Crippen LogP contribution in [0.1, 0.15) is 156 Å². The highest BCUT2D eigenvalue weighted by Gasteiger charge is 2.82. The lowest BCUT2D eigenvalue weighted by atomic mass is 10.1. The molecule has 8 atom stereocenters. The first kappa shape index (κ1) is 60.1. The van der Waals surface area contributed by atoms with Crippen molar-refractivity contribution in [1.82, 2.24) is 0 Å². The zero-order valence-electron chi connectivity index (χ0n) is 39.5. The normalized spacial score (nSPS) is 20.2. The van der Waals surface area contributed by atoms with Gasteiger partial charge in [0.05, 0.1) is 49.3 Å². The number of unbranched alkanes of at least 4 members (excludes halogenated alkanes) is 2. The van der Waals surface area contributed by atoms with Crippen molar-refractivity contribution in [2.45, 2.75) is 213 Å². The fraction of sp³-hybridized carbons (Fsp3) is 1.00. The number of rotatable bonds is 36. The van der Waals surface area contributed by atoms with E-state index >= 15 is 3.89 Å². The molecule has 0 aromatic carbocycles. The van der Waals surface area contributed by atoms with Gasteiger partial charge in [0.15, 0.2) is 4.75 Å². The molecule has 0 aliphatic rings. The Balaban J connectivity index is 10.0. The third-order valence-electron chi connectivity index (χ3n) is 8.62. The molecule has 0 rings (SSSR count). The van der Waals surface area contributed by atoms with Gasteiger partial charge in [0.2, 0.25) is 4.93 Å². The summed E-state index contributed by atoms with van der Waals surface area (Å²) >= 11 is 9.87. The van der Waals surface area contributed by atoms with Crippen LogP contribution in [0.4, 0.5) is 3.89 Å². The highest BCUT2D eigenvalue weighted by Crippen LogP contribution is 2.77. The molecule has 0 aromatic rings. The molecule has 1 N–H and O–H groups in total. The van der Waals surface area contributed by atoms with Crippen LogP contribution in [0.25, 0.3) is 0 Å². The molecule has 0 fully saturated rings. The van der Waals surface area contributed by atoms with E-state index in [1.165, 1.54) is 18.9 Å². The molecule has 0 amide bonds. The summed E-state index contributed by atoms with van der Waals surface area (Å²) in [6, 6.07) is 0. The van der Waals surface area contributed by atoms with E-state index in [1.54, 1.807) is 65.7 Å². The maximum absolute atomic E-state index is 18.5. The van der Waals surface area contributed by atoms with E-state index in [-0.39, 0.29) is 37.2 Å². The Labute approximate surface area is 386 Å². The second kappa shape index (κ2) is 28.9. The van der Waals surface area contributed by atoms with Gasteiger partial charge in [-0.25, -0.2) is 0 Å². The van der Waals surface area contributed by atoms with Gasteiger partial charge in [-0.05, 0) is 111 Å². The summed E-state index contributed by atoms with van der Waals surface area (Å²) in [5, 5.41) is 12.5. The summed E-state index contributed by atoms with van der Waals surface area (Å²) in [5.41, 5.74) is -0.869. The van der Waals surface area contributed by atoms with Crippen molar-refractivity contribution in [1.29, 1.82) is 0 Å². The van der Waals surface area contributed by atoms with Gasteiger partial charge >= 0.3 is 11.9 Å². The lowest BCUT2D eigenvalue weighted by molar-refractivity contribution is -0.432. The van der Waals surface area contributed by atoms with Crippen LogP contribution in [0.2, 0.25) is 0 Å². The van der Waals surface area contributed by atoms with Crippen molar-refractivity contribution in [2.24, 2.45) is 0 Å². The first-order valence-electron chi connectivity index (χ1n) is 21.5. The number of methoxy groups -OCH3 is 1. The highest BCUT2D eigenvalue weighted by molar-refractivity contribution is 8.37. The number of ether oxygens (including phenoxy) is 7. The maximum Gasteiger partial charge on any atom is 0.326 e. The van der Waals surface area contributed by atoms with E-state index in [0.29, 0.717) is 30.8 Å². The summed E-state index contributed by atoms with van der Waals surface area (Å²) in [7, 11) is 1.52. The van der Waals surface area contributed by atoms with Crippen molar-refractivity contribution in [3.8, 4) is 0 Å². The average Bonchev–Trinajstić information content (AvgIpc) is 3.14. The molecule has 0 aliphatic heterocycles. The molecule has 0 heterocycles. The minimum absolute atomic E-state index is 0.0755. The Morgan fingerprint density at radius 2 is 1.29 bits per heavy atom. The molecule has 0 saturated heterocycles. The second-order valence-electron chi connectivity index (χ2n) is 15.7. The van der Waals surface area contributed by atoms with Gasteiger partial charge < -0.3 is 38.3 Å². The molecule has 0 radical (unpaired) electrons. The Morgan fingerprint density at radius 1 is 0.690 bits per heavy atom. The zero-order chi connectivity index (χ0) is 44.9. The third-order valence-corrected chi connectivity index (χ3v) is 21.6. The molecule has 0 saturated carbocycles. The molecule has 8 unspecified atom stereocenters. The Bertz CT molecular complexity index is 1080. The maximum atomic E-state index is 18.5. The molecule has 8 nitrogen and oxygen atoms in total. The van der Waals surface area contributed by atoms with E-state index < -0.39 is 52.4 Å². The second-order valence-corrected chi connectivity index (χ2v) is 26.3. The van der Waals surface area contributed by atoms with Crippen LogP contribution >= 0.6 is 82.7 Å². The molecule has 0 spiro atoms.